The maximum Gasteiger partial charge on any atom is 0.319 e. The Morgan fingerprint density at radius 1 is 1.47 bits per heavy atom. The Morgan fingerprint density at radius 3 is 2.69 bits per heavy atom. The molecule has 2 unspecified atom stereocenters. The molecule has 5 atom stereocenters. The summed E-state index contributed by atoms with van der Waals surface area (Å²) >= 11 is 1.08. The largest absolute Gasteiger partial charge is 0.387 e. The second kappa shape index (κ2) is 10.7. The number of carbonyl (C=O) groups excluding carboxylic acids is 2. The van der Waals surface area contributed by atoms with Gasteiger partial charge in [-0.25, -0.2) is 9.07 Å². The van der Waals surface area contributed by atoms with Crippen LogP contribution in [0.2, 0.25) is 0 Å². The van der Waals surface area contributed by atoms with Crippen LogP contribution >= 0.6 is 20.0 Å². The maximum absolute atomic E-state index is 13.8. The van der Waals surface area contributed by atoms with E-state index in [1.807, 2.05) is 20.8 Å². The van der Waals surface area contributed by atoms with E-state index in [1.165, 1.54) is 6.92 Å². The van der Waals surface area contributed by atoms with Crippen molar-refractivity contribution in [2.45, 2.75) is 58.2 Å². The molecule has 0 bridgehead atoms. The van der Waals surface area contributed by atoms with Crippen LogP contribution in [0.5, 0.6) is 0 Å². The van der Waals surface area contributed by atoms with Gasteiger partial charge in [0.2, 0.25) is 0 Å². The first-order valence-corrected chi connectivity index (χ1v) is 12.1. The molecular weight excluding hydrogens is 468 g/mol. The summed E-state index contributed by atoms with van der Waals surface area (Å²) < 4.78 is 42.3. The minimum absolute atomic E-state index is 0.00879. The molecule has 2 rings (SSSR count). The third-order valence-electron chi connectivity index (χ3n) is 5.25. The molecule has 32 heavy (non-hydrogen) atoms. The van der Waals surface area contributed by atoms with Crippen molar-refractivity contribution in [3.05, 3.63) is 17.7 Å². The van der Waals surface area contributed by atoms with Crippen LogP contribution in [0.15, 0.2) is 6.20 Å². The predicted octanol–water partition coefficient (Wildman–Crippen LogP) is 1.25. The summed E-state index contributed by atoms with van der Waals surface area (Å²) in [7, 11) is -2.96. The van der Waals surface area contributed by atoms with Crippen LogP contribution in [-0.2, 0) is 23.1 Å². The molecule has 1 aliphatic heterocycles. The number of rotatable bonds is 11. The van der Waals surface area contributed by atoms with Gasteiger partial charge in [-0.15, -0.1) is 0 Å². The average molecular weight is 497 g/mol. The van der Waals surface area contributed by atoms with Crippen molar-refractivity contribution >= 4 is 31.0 Å². The van der Waals surface area contributed by atoms with Crippen molar-refractivity contribution in [1.29, 1.82) is 0 Å². The first-order valence-electron chi connectivity index (χ1n) is 9.88. The molecule has 0 aromatic carbocycles. The first kappa shape index (κ1) is 26.9. The van der Waals surface area contributed by atoms with Gasteiger partial charge in [-0.3, -0.25) is 14.2 Å². The lowest BCUT2D eigenvalue weighted by Crippen LogP contribution is -2.44. The molecular formula is C18H29FN3O8PS. The van der Waals surface area contributed by atoms with Crippen molar-refractivity contribution < 1.29 is 42.5 Å². The zero-order chi connectivity index (χ0) is 24.3. The second-order valence-corrected chi connectivity index (χ2v) is 10.3. The molecule has 0 radical (unpaired) electrons. The highest BCUT2D eigenvalue weighted by molar-refractivity contribution is 8.13. The summed E-state index contributed by atoms with van der Waals surface area (Å²) in [4.78, 5) is 23.2. The molecule has 4 N–H and O–H groups in total. The van der Waals surface area contributed by atoms with E-state index in [1.54, 1.807) is 0 Å². The fourth-order valence-corrected chi connectivity index (χ4v) is 4.50. The number of hydrogen-bond acceptors (Lipinski definition) is 10. The molecule has 14 heteroatoms. The van der Waals surface area contributed by atoms with E-state index < -0.39 is 61.7 Å². The van der Waals surface area contributed by atoms with E-state index in [9.17, 15) is 28.8 Å². The van der Waals surface area contributed by atoms with Gasteiger partial charge in [-0.05, 0) is 13.3 Å². The minimum Gasteiger partial charge on any atom is -0.387 e. The van der Waals surface area contributed by atoms with Gasteiger partial charge in [0.1, 0.15) is 17.8 Å². The Morgan fingerprint density at radius 2 is 2.12 bits per heavy atom. The molecule has 1 aliphatic rings. The standard InChI is InChI=1S/C18H29FN3O8PS/c1-5-17(2,3)16(25)32-7-6-28-31(27)29-9-11-13(23)18(4,26)15(30-11)22-8-10(19)12(21-22)14(20)24/h8,11,13,15,23,26,31H,5-7,9H2,1-4H3,(H2,20,24)/t11-,13?,15-,18+/m1/s1. The van der Waals surface area contributed by atoms with E-state index in [0.29, 0.717) is 12.2 Å². The van der Waals surface area contributed by atoms with Gasteiger partial charge >= 0.3 is 8.25 Å². The Hall–Kier alpha value is -1.34. The number of aliphatic hydroxyl groups excluding tert-OH is 1. The van der Waals surface area contributed by atoms with Gasteiger partial charge in [0.15, 0.2) is 22.9 Å². The average Bonchev–Trinajstić information content (AvgIpc) is 3.21. The molecule has 1 fully saturated rings. The number of halogens is 1. The van der Waals surface area contributed by atoms with Gasteiger partial charge in [0, 0.05) is 11.2 Å². The first-order chi connectivity index (χ1) is 14.8. The number of carbonyl (C=O) groups is 2. The maximum atomic E-state index is 13.8. The lowest BCUT2D eigenvalue weighted by Gasteiger charge is -2.26. The molecule has 0 saturated carbocycles. The minimum atomic E-state index is -2.96. The zero-order valence-corrected chi connectivity index (χ0v) is 20.1. The van der Waals surface area contributed by atoms with E-state index >= 15 is 0 Å². The summed E-state index contributed by atoms with van der Waals surface area (Å²) in [5.41, 5.74) is 2.01. The Bertz CT molecular complexity index is 865. The fraction of sp³-hybridized carbons (Fsp3) is 0.722. The summed E-state index contributed by atoms with van der Waals surface area (Å²) in [5, 5.41) is 24.6. The Balaban J connectivity index is 1.86. The number of primary amides is 1. The third-order valence-corrected chi connectivity index (χ3v) is 7.28. The van der Waals surface area contributed by atoms with E-state index in [0.717, 1.165) is 22.6 Å². The van der Waals surface area contributed by atoms with Crippen molar-refractivity contribution in [2.75, 3.05) is 19.0 Å². The van der Waals surface area contributed by atoms with Crippen LogP contribution in [0.3, 0.4) is 0 Å². The van der Waals surface area contributed by atoms with Crippen molar-refractivity contribution in [1.82, 2.24) is 9.78 Å². The fourth-order valence-electron chi connectivity index (χ4n) is 2.81. The number of amides is 1. The molecule has 1 aromatic rings. The van der Waals surface area contributed by atoms with Gasteiger partial charge in [-0.2, -0.15) is 5.10 Å². The van der Waals surface area contributed by atoms with Crippen molar-refractivity contribution in [3.63, 3.8) is 0 Å². The van der Waals surface area contributed by atoms with Gasteiger partial charge in [-0.1, -0.05) is 32.5 Å². The Labute approximate surface area is 189 Å². The SMILES string of the molecule is CCC(C)(C)C(=O)SCCO[PH](=O)OC[C@H]1O[C@@H](n2cc(F)c(C(N)=O)n2)[C@@](C)(O)C1O. The summed E-state index contributed by atoms with van der Waals surface area (Å²) in [5.74, 6) is -1.81. The lowest BCUT2D eigenvalue weighted by atomic mass is 9.92. The van der Waals surface area contributed by atoms with Crippen molar-refractivity contribution in [3.8, 4) is 0 Å². The normalized spacial score (nSPS) is 26.9. The topological polar surface area (TPSA) is 163 Å². The van der Waals surface area contributed by atoms with Crippen LogP contribution in [0, 0.1) is 11.2 Å². The monoisotopic (exact) mass is 497 g/mol. The van der Waals surface area contributed by atoms with Crippen LogP contribution in [0.25, 0.3) is 0 Å². The molecule has 182 valence electrons. The highest BCUT2D eigenvalue weighted by Crippen LogP contribution is 2.39. The smallest absolute Gasteiger partial charge is 0.319 e. The molecule has 0 spiro atoms. The predicted molar refractivity (Wildman–Crippen MR) is 114 cm³/mol. The molecule has 1 amide bonds. The van der Waals surface area contributed by atoms with Crippen LogP contribution in [-0.4, -0.2) is 67.8 Å². The van der Waals surface area contributed by atoms with Crippen molar-refractivity contribution in [2.24, 2.45) is 11.1 Å². The quantitative estimate of drug-likeness (QED) is 0.299. The number of thioether (sulfide) groups is 1. The summed E-state index contributed by atoms with van der Waals surface area (Å²) in [6.07, 6.45) is -2.50. The number of aromatic nitrogens is 2. The van der Waals surface area contributed by atoms with E-state index in [2.05, 4.69) is 5.10 Å². The highest BCUT2D eigenvalue weighted by atomic mass is 32.2. The van der Waals surface area contributed by atoms with E-state index in [4.69, 9.17) is 19.5 Å². The highest BCUT2D eigenvalue weighted by Gasteiger charge is 2.53. The number of aliphatic hydroxyl groups is 2. The molecule has 2 heterocycles. The number of ether oxygens (including phenoxy) is 1. The van der Waals surface area contributed by atoms with Gasteiger partial charge in [0.05, 0.1) is 19.4 Å². The van der Waals surface area contributed by atoms with Gasteiger partial charge in [0.25, 0.3) is 5.91 Å². The molecule has 1 saturated heterocycles. The molecule has 0 aliphatic carbocycles. The summed E-state index contributed by atoms with van der Waals surface area (Å²) in [6, 6.07) is 0. The number of nitrogens with zero attached hydrogens (tertiary/aromatic N) is 2. The van der Waals surface area contributed by atoms with Crippen LogP contribution in [0.4, 0.5) is 4.39 Å². The zero-order valence-electron chi connectivity index (χ0n) is 18.2. The number of nitrogens with two attached hydrogens (primary N) is 1. The second-order valence-electron chi connectivity index (χ2n) is 8.15. The van der Waals surface area contributed by atoms with Crippen LogP contribution in [0.1, 0.15) is 50.8 Å². The van der Waals surface area contributed by atoms with E-state index in [-0.39, 0.29) is 11.7 Å². The molecule has 11 nitrogen and oxygen atoms in total. The summed E-state index contributed by atoms with van der Waals surface area (Å²) in [6.45, 7) is 6.46. The third kappa shape index (κ3) is 6.16. The van der Waals surface area contributed by atoms with Gasteiger partial charge < -0.3 is 29.7 Å². The lowest BCUT2D eigenvalue weighted by molar-refractivity contribution is -0.118. The molecule has 1 aromatic heterocycles. The number of hydrogen-bond donors (Lipinski definition) is 3. The van der Waals surface area contributed by atoms with Crippen LogP contribution < -0.4 is 5.73 Å². The Kier molecular flexibility index (Phi) is 9.02.